The predicted octanol–water partition coefficient (Wildman–Crippen LogP) is 6.66. The van der Waals surface area contributed by atoms with Gasteiger partial charge in [-0.2, -0.15) is 13.2 Å². The quantitative estimate of drug-likeness (QED) is 0.255. The van der Waals surface area contributed by atoms with E-state index in [1.165, 1.54) is 18.2 Å². The third-order valence-corrected chi connectivity index (χ3v) is 7.94. The Morgan fingerprint density at radius 1 is 1.00 bits per heavy atom. The molecule has 1 aliphatic rings. The number of benzene rings is 3. The number of carbonyl (C=O) groups is 1. The van der Waals surface area contributed by atoms with Crippen LogP contribution >= 0.6 is 0 Å². The first-order valence-corrected chi connectivity index (χ1v) is 13.9. The van der Waals surface area contributed by atoms with Gasteiger partial charge in [0.2, 0.25) is 5.60 Å². The van der Waals surface area contributed by atoms with E-state index in [4.69, 9.17) is 4.52 Å². The second kappa shape index (κ2) is 10.7. The largest absolute Gasteiger partial charge is 0.416 e. The summed E-state index contributed by atoms with van der Waals surface area (Å²) in [5, 5.41) is 19.0. The number of carbonyl (C=O) groups excluding carboxylic acids is 1. The van der Waals surface area contributed by atoms with Crippen LogP contribution < -0.4 is 10.9 Å². The topological polar surface area (TPSA) is 92.4 Å². The summed E-state index contributed by atoms with van der Waals surface area (Å²) in [6, 6.07) is 17.0. The first kappa shape index (κ1) is 30.1. The first-order valence-electron chi connectivity index (χ1n) is 13.9. The second-order valence-corrected chi connectivity index (χ2v) is 12.2. The van der Waals surface area contributed by atoms with Crippen molar-refractivity contribution in [2.45, 2.75) is 69.6 Å². The minimum absolute atomic E-state index is 0.0788. The highest BCUT2D eigenvalue weighted by Gasteiger charge is 2.52. The van der Waals surface area contributed by atoms with Crippen molar-refractivity contribution in [3.8, 4) is 11.8 Å². The van der Waals surface area contributed by atoms with Crippen molar-refractivity contribution in [3.05, 3.63) is 105 Å². The van der Waals surface area contributed by atoms with E-state index in [1.807, 2.05) is 12.1 Å². The summed E-state index contributed by atoms with van der Waals surface area (Å²) in [6.07, 6.45) is -3.76. The van der Waals surface area contributed by atoms with Crippen LogP contribution in [0.15, 0.2) is 76.0 Å². The molecule has 1 saturated carbocycles. The molecule has 1 fully saturated rings. The van der Waals surface area contributed by atoms with E-state index in [1.54, 1.807) is 31.2 Å². The van der Waals surface area contributed by atoms with Crippen LogP contribution in [-0.4, -0.2) is 21.8 Å². The third kappa shape index (κ3) is 6.35. The third-order valence-electron chi connectivity index (χ3n) is 7.94. The average Bonchev–Trinajstić information content (AvgIpc) is 3.73. The van der Waals surface area contributed by atoms with E-state index in [0.29, 0.717) is 35.0 Å². The standard InChI is InChI=1S/C34H31F3N2O4/c1-21-28-19-26(12-13-27(28)29(40)43-39-21)38-30(41)33(42,15-14-22-8-10-23(11-9-22)31(2,3)4)20-32(16-17-32)24-6-5-7-25(18-24)34(35,36)37/h5-13,18-19,42H,16-17,20H2,1-4H3,(H,38,41). The Balaban J connectivity index is 1.52. The molecule has 1 aromatic heterocycles. The number of nitrogens with one attached hydrogen (secondary N) is 1. The van der Waals surface area contributed by atoms with Crippen LogP contribution in [0.5, 0.6) is 0 Å². The number of fused-ring (bicyclic) bond motifs is 1. The summed E-state index contributed by atoms with van der Waals surface area (Å²) in [7, 11) is 0. The molecule has 43 heavy (non-hydrogen) atoms. The SMILES string of the molecule is Cc1noc(=O)c2ccc(NC(=O)C(O)(C#Cc3ccc(C(C)(C)C)cc3)CC3(c4cccc(C(F)(F)F)c4)CC3)cc12. The molecule has 222 valence electrons. The number of aliphatic hydroxyl groups is 1. The molecule has 1 amide bonds. The molecule has 0 saturated heterocycles. The van der Waals surface area contributed by atoms with E-state index in [2.05, 4.69) is 43.1 Å². The molecule has 4 aromatic rings. The van der Waals surface area contributed by atoms with Crippen molar-refractivity contribution in [2.24, 2.45) is 0 Å². The predicted molar refractivity (Wildman–Crippen MR) is 158 cm³/mol. The van der Waals surface area contributed by atoms with E-state index >= 15 is 0 Å². The van der Waals surface area contributed by atoms with E-state index in [9.17, 15) is 27.9 Å². The minimum atomic E-state index is -4.53. The average molecular weight is 589 g/mol. The maximum Gasteiger partial charge on any atom is 0.416 e. The molecule has 5 rings (SSSR count). The van der Waals surface area contributed by atoms with Crippen LogP contribution in [0.25, 0.3) is 10.8 Å². The summed E-state index contributed by atoms with van der Waals surface area (Å²) < 4.78 is 45.2. The normalized spacial score (nSPS) is 15.7. The number of aromatic nitrogens is 1. The van der Waals surface area contributed by atoms with Crippen LogP contribution in [0.3, 0.4) is 0 Å². The van der Waals surface area contributed by atoms with Gasteiger partial charge in [0.25, 0.3) is 5.91 Å². The molecule has 0 spiro atoms. The van der Waals surface area contributed by atoms with Crippen molar-refractivity contribution in [1.82, 2.24) is 5.16 Å². The summed E-state index contributed by atoms with van der Waals surface area (Å²) in [5.41, 5.74) is -1.85. The highest BCUT2D eigenvalue weighted by molar-refractivity contribution is 6.01. The van der Waals surface area contributed by atoms with Crippen molar-refractivity contribution in [1.29, 1.82) is 0 Å². The Labute approximate surface area is 246 Å². The lowest BCUT2D eigenvalue weighted by Crippen LogP contribution is -2.44. The van der Waals surface area contributed by atoms with Crippen LogP contribution in [0.1, 0.15) is 68.0 Å². The van der Waals surface area contributed by atoms with Gasteiger partial charge in [0, 0.05) is 23.1 Å². The number of hydrogen-bond acceptors (Lipinski definition) is 5. The summed E-state index contributed by atoms with van der Waals surface area (Å²) in [5.74, 6) is 4.83. The summed E-state index contributed by atoms with van der Waals surface area (Å²) in [6.45, 7) is 7.89. The van der Waals surface area contributed by atoms with Gasteiger partial charge in [-0.3, -0.25) is 4.79 Å². The van der Waals surface area contributed by atoms with E-state index < -0.39 is 34.3 Å². The number of halogens is 3. The van der Waals surface area contributed by atoms with Gasteiger partial charge in [0.05, 0.1) is 16.6 Å². The van der Waals surface area contributed by atoms with Gasteiger partial charge in [-0.15, -0.1) is 0 Å². The zero-order valence-corrected chi connectivity index (χ0v) is 24.2. The van der Waals surface area contributed by atoms with Gasteiger partial charge in [-0.1, -0.05) is 68.1 Å². The van der Waals surface area contributed by atoms with Crippen molar-refractivity contribution in [3.63, 3.8) is 0 Å². The lowest BCUT2D eigenvalue weighted by atomic mass is 9.82. The molecule has 3 aromatic carbocycles. The van der Waals surface area contributed by atoms with Gasteiger partial charge >= 0.3 is 11.8 Å². The Kier molecular flexibility index (Phi) is 7.47. The Morgan fingerprint density at radius 2 is 1.70 bits per heavy atom. The van der Waals surface area contributed by atoms with Gasteiger partial charge < -0.3 is 14.9 Å². The highest BCUT2D eigenvalue weighted by atomic mass is 19.4. The number of nitrogens with zero attached hydrogens (tertiary/aromatic N) is 1. The molecule has 1 aliphatic carbocycles. The second-order valence-electron chi connectivity index (χ2n) is 12.2. The number of amides is 1. The van der Waals surface area contributed by atoms with Crippen molar-refractivity contribution >= 4 is 22.4 Å². The minimum Gasteiger partial charge on any atom is -0.369 e. The van der Waals surface area contributed by atoms with Crippen LogP contribution in [0.4, 0.5) is 18.9 Å². The summed E-state index contributed by atoms with van der Waals surface area (Å²) in [4.78, 5) is 25.8. The Hall–Kier alpha value is -4.42. The number of alkyl halides is 3. The fourth-order valence-electron chi connectivity index (χ4n) is 5.19. The van der Waals surface area contributed by atoms with Crippen LogP contribution in [-0.2, 0) is 21.8 Å². The van der Waals surface area contributed by atoms with E-state index in [-0.39, 0.29) is 22.9 Å². The molecule has 1 heterocycles. The molecule has 0 bridgehead atoms. The molecule has 0 radical (unpaired) electrons. The van der Waals surface area contributed by atoms with Gasteiger partial charge in [0.15, 0.2) is 0 Å². The lowest BCUT2D eigenvalue weighted by molar-refractivity contribution is -0.137. The Morgan fingerprint density at radius 3 is 2.33 bits per heavy atom. The molecule has 6 nitrogen and oxygen atoms in total. The monoisotopic (exact) mass is 588 g/mol. The number of hydrogen-bond donors (Lipinski definition) is 2. The molecule has 1 atom stereocenters. The van der Waals surface area contributed by atoms with Gasteiger partial charge in [0.1, 0.15) is 0 Å². The number of aryl methyl sites for hydroxylation is 1. The van der Waals surface area contributed by atoms with Crippen LogP contribution in [0.2, 0.25) is 0 Å². The highest BCUT2D eigenvalue weighted by Crippen LogP contribution is 2.54. The van der Waals surface area contributed by atoms with E-state index in [0.717, 1.165) is 17.7 Å². The molecule has 1 unspecified atom stereocenters. The van der Waals surface area contributed by atoms with Gasteiger partial charge in [-0.25, -0.2) is 4.79 Å². The fourth-order valence-corrected chi connectivity index (χ4v) is 5.19. The maximum atomic E-state index is 13.8. The maximum absolute atomic E-state index is 13.8. The smallest absolute Gasteiger partial charge is 0.369 e. The van der Waals surface area contributed by atoms with Gasteiger partial charge in [-0.05, 0) is 78.1 Å². The summed E-state index contributed by atoms with van der Waals surface area (Å²) >= 11 is 0. The van der Waals surface area contributed by atoms with Crippen LogP contribution in [0, 0.1) is 18.8 Å². The molecule has 9 heteroatoms. The number of anilines is 1. The molecular weight excluding hydrogens is 557 g/mol. The van der Waals surface area contributed by atoms with Crippen molar-refractivity contribution in [2.75, 3.05) is 5.32 Å². The first-order chi connectivity index (χ1) is 20.1. The number of rotatable bonds is 5. The zero-order valence-electron chi connectivity index (χ0n) is 24.2. The molecule has 2 N–H and O–H groups in total. The lowest BCUT2D eigenvalue weighted by Gasteiger charge is -2.27. The van der Waals surface area contributed by atoms with Crippen molar-refractivity contribution < 1.29 is 27.6 Å². The fraction of sp³-hybridized carbons (Fsp3) is 0.324. The Bertz CT molecular complexity index is 1820. The zero-order chi connectivity index (χ0) is 31.2. The molecule has 0 aliphatic heterocycles. The molecular formula is C34H31F3N2O4.